The maximum atomic E-state index is 12.7. The zero-order chi connectivity index (χ0) is 21.0. The summed E-state index contributed by atoms with van der Waals surface area (Å²) in [7, 11) is 0. The lowest BCUT2D eigenvalue weighted by atomic mass is 10.0. The Morgan fingerprint density at radius 2 is 1.65 bits per heavy atom. The van der Waals surface area contributed by atoms with Crippen LogP contribution in [0.15, 0.2) is 82.5 Å². The molecule has 5 rings (SSSR count). The van der Waals surface area contributed by atoms with Gasteiger partial charge in [0.1, 0.15) is 11.4 Å². The summed E-state index contributed by atoms with van der Waals surface area (Å²) in [6.07, 6.45) is 10.9. The number of rotatable bonds is 8. The predicted octanol–water partition coefficient (Wildman–Crippen LogP) is 5.40. The molecule has 7 nitrogen and oxygen atoms in total. The molecule has 1 aromatic carbocycles. The summed E-state index contributed by atoms with van der Waals surface area (Å²) in [4.78, 5) is 26.3. The van der Waals surface area contributed by atoms with Gasteiger partial charge in [0, 0.05) is 30.9 Å². The summed E-state index contributed by atoms with van der Waals surface area (Å²) >= 11 is 0. The first-order valence-corrected chi connectivity index (χ1v) is 10.2. The molecule has 0 spiro atoms. The summed E-state index contributed by atoms with van der Waals surface area (Å²) in [6, 6.07) is 12.7. The van der Waals surface area contributed by atoms with Gasteiger partial charge < -0.3 is 13.4 Å². The molecule has 5 aromatic rings. The van der Waals surface area contributed by atoms with Crippen LogP contribution in [0.2, 0.25) is 0 Å². The third-order valence-corrected chi connectivity index (χ3v) is 5.12. The minimum Gasteiger partial charge on any atom is -0.463 e. The molecule has 0 atom stereocenters. The minimum absolute atomic E-state index is 0.101. The second-order valence-electron chi connectivity index (χ2n) is 7.26. The number of aryl methyl sites for hydroxylation is 1. The molecule has 0 unspecified atom stereocenters. The second-order valence-corrected chi connectivity index (χ2v) is 7.26. The van der Waals surface area contributed by atoms with Gasteiger partial charge in [0.15, 0.2) is 17.3 Å². The molecule has 0 radical (unpaired) electrons. The predicted molar refractivity (Wildman–Crippen MR) is 115 cm³/mol. The van der Waals surface area contributed by atoms with Crippen molar-refractivity contribution in [3.63, 3.8) is 0 Å². The first kappa shape index (κ1) is 19.0. The Bertz CT molecular complexity index is 1290. The highest BCUT2D eigenvalue weighted by Crippen LogP contribution is 2.31. The fourth-order valence-corrected chi connectivity index (χ4v) is 3.54. The van der Waals surface area contributed by atoms with Crippen molar-refractivity contribution >= 4 is 16.8 Å². The SMILES string of the molecule is O=C(CCCCn1ccnc1)c1ccc2nc(-c3ccco3)c(-c3ccco3)nc2c1. The largest absolute Gasteiger partial charge is 0.463 e. The number of fused-ring (bicyclic) bond motifs is 1. The highest BCUT2D eigenvalue weighted by atomic mass is 16.3. The molecule has 154 valence electrons. The number of benzene rings is 1. The van der Waals surface area contributed by atoms with Crippen LogP contribution in [0.5, 0.6) is 0 Å². The number of carbonyl (C=O) groups is 1. The van der Waals surface area contributed by atoms with Gasteiger partial charge in [0.05, 0.1) is 29.9 Å². The number of imidazole rings is 1. The average molecular weight is 412 g/mol. The van der Waals surface area contributed by atoms with Gasteiger partial charge in [0.2, 0.25) is 0 Å². The number of hydrogen-bond acceptors (Lipinski definition) is 6. The van der Waals surface area contributed by atoms with E-state index in [0.29, 0.717) is 45.9 Å². The first-order chi connectivity index (χ1) is 15.3. The van der Waals surface area contributed by atoms with Gasteiger partial charge >= 0.3 is 0 Å². The Balaban J connectivity index is 1.40. The lowest BCUT2D eigenvalue weighted by Crippen LogP contribution is -2.02. The standard InChI is InChI=1S/C24H20N4O3/c29-20(5-1-2-11-28-12-10-25-16-28)17-8-9-18-19(15-17)27-24(22-7-4-14-31-22)23(26-18)21-6-3-13-30-21/h3-4,6-10,12-16H,1-2,5,11H2. The quantitative estimate of drug-likeness (QED) is 0.250. The van der Waals surface area contributed by atoms with Crippen molar-refractivity contribution in [2.24, 2.45) is 0 Å². The van der Waals surface area contributed by atoms with Crippen LogP contribution < -0.4 is 0 Å². The normalized spacial score (nSPS) is 11.2. The highest BCUT2D eigenvalue weighted by molar-refractivity contribution is 5.99. The molecule has 0 amide bonds. The van der Waals surface area contributed by atoms with Crippen molar-refractivity contribution in [1.29, 1.82) is 0 Å². The molecule has 0 bridgehead atoms. The molecule has 0 saturated heterocycles. The molecule has 0 aliphatic rings. The maximum Gasteiger partial charge on any atom is 0.162 e. The molecule has 4 aromatic heterocycles. The van der Waals surface area contributed by atoms with Crippen molar-refractivity contribution in [3.05, 3.63) is 79.3 Å². The first-order valence-electron chi connectivity index (χ1n) is 10.2. The molecule has 31 heavy (non-hydrogen) atoms. The Labute approximate surface area is 178 Å². The number of furan rings is 2. The number of unbranched alkanes of at least 4 members (excludes halogenated alkanes) is 1. The molecule has 0 N–H and O–H groups in total. The number of ketones is 1. The van der Waals surface area contributed by atoms with Gasteiger partial charge in [-0.2, -0.15) is 0 Å². The summed E-state index contributed by atoms with van der Waals surface area (Å²) < 4.78 is 13.1. The summed E-state index contributed by atoms with van der Waals surface area (Å²) in [6.45, 7) is 0.860. The van der Waals surface area contributed by atoms with Crippen LogP contribution in [0, 0.1) is 0 Å². The van der Waals surface area contributed by atoms with Crippen LogP contribution in [0.3, 0.4) is 0 Å². The van der Waals surface area contributed by atoms with Gasteiger partial charge in [-0.15, -0.1) is 0 Å². The van der Waals surface area contributed by atoms with E-state index in [-0.39, 0.29) is 5.78 Å². The Morgan fingerprint density at radius 1 is 0.903 bits per heavy atom. The second kappa shape index (κ2) is 8.39. The number of nitrogens with zero attached hydrogens (tertiary/aromatic N) is 4. The van der Waals surface area contributed by atoms with Gasteiger partial charge in [-0.05, 0) is 55.3 Å². The van der Waals surface area contributed by atoms with Crippen molar-refractivity contribution in [2.45, 2.75) is 25.8 Å². The van der Waals surface area contributed by atoms with Gasteiger partial charge in [0.25, 0.3) is 0 Å². The van der Waals surface area contributed by atoms with Crippen molar-refractivity contribution in [2.75, 3.05) is 0 Å². The molecule has 4 heterocycles. The summed E-state index contributed by atoms with van der Waals surface area (Å²) in [5, 5.41) is 0. The van der Waals surface area contributed by atoms with Crippen LogP contribution >= 0.6 is 0 Å². The van der Waals surface area contributed by atoms with E-state index in [1.54, 1.807) is 37.2 Å². The van der Waals surface area contributed by atoms with E-state index in [2.05, 4.69) is 4.98 Å². The van der Waals surface area contributed by atoms with Crippen LogP contribution in [0.25, 0.3) is 33.9 Å². The van der Waals surface area contributed by atoms with E-state index in [1.807, 2.05) is 41.1 Å². The smallest absolute Gasteiger partial charge is 0.162 e. The molecule has 7 heteroatoms. The van der Waals surface area contributed by atoms with Crippen LogP contribution in [0.4, 0.5) is 0 Å². The van der Waals surface area contributed by atoms with Crippen LogP contribution in [-0.2, 0) is 6.54 Å². The monoisotopic (exact) mass is 412 g/mol. The average Bonchev–Trinajstić information content (AvgIpc) is 3.58. The lowest BCUT2D eigenvalue weighted by Gasteiger charge is -2.08. The van der Waals surface area contributed by atoms with Gasteiger partial charge in [-0.1, -0.05) is 0 Å². The third kappa shape index (κ3) is 4.02. The van der Waals surface area contributed by atoms with E-state index in [9.17, 15) is 4.79 Å². The molecule has 0 aliphatic heterocycles. The van der Waals surface area contributed by atoms with Gasteiger partial charge in [-0.25, -0.2) is 15.0 Å². The fourth-order valence-electron chi connectivity index (χ4n) is 3.54. The molecular formula is C24H20N4O3. The number of carbonyl (C=O) groups excluding carboxylic acids is 1. The minimum atomic E-state index is 0.101. The summed E-state index contributed by atoms with van der Waals surface area (Å²) in [5.41, 5.74) is 3.16. The molecule has 0 saturated carbocycles. The van der Waals surface area contributed by atoms with E-state index >= 15 is 0 Å². The third-order valence-electron chi connectivity index (χ3n) is 5.12. The lowest BCUT2D eigenvalue weighted by molar-refractivity contribution is 0.0979. The Morgan fingerprint density at radius 3 is 2.29 bits per heavy atom. The van der Waals surface area contributed by atoms with Crippen LogP contribution in [0.1, 0.15) is 29.6 Å². The summed E-state index contributed by atoms with van der Waals surface area (Å²) in [5.74, 6) is 1.31. The molecule has 0 fully saturated rings. The molecular weight excluding hydrogens is 392 g/mol. The Hall–Kier alpha value is -4.00. The van der Waals surface area contributed by atoms with E-state index in [4.69, 9.17) is 18.8 Å². The van der Waals surface area contributed by atoms with Crippen LogP contribution in [-0.4, -0.2) is 25.3 Å². The maximum absolute atomic E-state index is 12.7. The zero-order valence-corrected chi connectivity index (χ0v) is 16.8. The highest BCUT2D eigenvalue weighted by Gasteiger charge is 2.18. The topological polar surface area (TPSA) is 87.0 Å². The van der Waals surface area contributed by atoms with E-state index in [0.717, 1.165) is 19.4 Å². The Kier molecular flexibility index (Phi) is 5.14. The van der Waals surface area contributed by atoms with E-state index < -0.39 is 0 Å². The van der Waals surface area contributed by atoms with Crippen molar-refractivity contribution < 1.29 is 13.6 Å². The fraction of sp³-hybridized carbons (Fsp3) is 0.167. The zero-order valence-electron chi connectivity index (χ0n) is 16.8. The molecule has 0 aliphatic carbocycles. The number of hydrogen-bond donors (Lipinski definition) is 0. The van der Waals surface area contributed by atoms with E-state index in [1.165, 1.54) is 0 Å². The van der Waals surface area contributed by atoms with Crippen molar-refractivity contribution in [1.82, 2.24) is 19.5 Å². The number of Topliss-reactive ketones (excluding diaryl/α,β-unsaturated/α-hetero) is 1. The van der Waals surface area contributed by atoms with Crippen molar-refractivity contribution in [3.8, 4) is 22.9 Å². The number of aromatic nitrogens is 4. The van der Waals surface area contributed by atoms with Gasteiger partial charge in [-0.3, -0.25) is 4.79 Å².